The van der Waals surface area contributed by atoms with Crippen LogP contribution in [0.3, 0.4) is 0 Å². The minimum Gasteiger partial charge on any atom is -0.468 e. The lowest BCUT2D eigenvalue weighted by Gasteiger charge is -1.79. The van der Waals surface area contributed by atoms with E-state index in [2.05, 4.69) is 29.0 Å². The molecule has 0 aromatic heterocycles. The maximum Gasteiger partial charge on any atom is 0.293 e. The van der Waals surface area contributed by atoms with Crippen LogP contribution in [-0.2, 0) is 9.53 Å². The first-order valence-corrected chi connectivity index (χ1v) is 3.54. The van der Waals surface area contributed by atoms with Crippen LogP contribution in [0.5, 0.6) is 0 Å². The molecular weight excluding hydrogens is 140 g/mol. The minimum atomic E-state index is 0.431. The number of benzene rings is 1. The van der Waals surface area contributed by atoms with Crippen molar-refractivity contribution in [1.82, 2.24) is 0 Å². The summed E-state index contributed by atoms with van der Waals surface area (Å²) in [5.41, 5.74) is 2.85. The van der Waals surface area contributed by atoms with Crippen molar-refractivity contribution in [1.29, 1.82) is 0 Å². The number of ether oxygens (including phenoxy) is 1. The molecular formula is C9H10O2. The van der Waals surface area contributed by atoms with Gasteiger partial charge in [0.2, 0.25) is 0 Å². The molecule has 2 aliphatic carbocycles. The van der Waals surface area contributed by atoms with Gasteiger partial charge in [0, 0.05) is 0 Å². The van der Waals surface area contributed by atoms with Crippen LogP contribution in [-0.4, -0.2) is 13.1 Å². The van der Waals surface area contributed by atoms with Gasteiger partial charge in [-0.3, -0.25) is 4.79 Å². The number of hydrogen-bond donors (Lipinski definition) is 0. The molecule has 0 amide bonds. The average Bonchev–Trinajstić information content (AvgIpc) is 2.62. The number of carbonyl (C=O) groups is 1. The lowest BCUT2D eigenvalue weighted by molar-refractivity contribution is -0.128. The van der Waals surface area contributed by atoms with Gasteiger partial charge in [0.1, 0.15) is 0 Å². The molecule has 0 saturated heterocycles. The number of hydrogen-bond acceptors (Lipinski definition) is 2. The summed E-state index contributed by atoms with van der Waals surface area (Å²) in [5.74, 6) is 0. The first kappa shape index (κ1) is 7.79. The predicted molar refractivity (Wildman–Crippen MR) is 43.1 cm³/mol. The number of carbonyl (C=O) groups excluding carboxylic acids is 1. The van der Waals surface area contributed by atoms with Crippen LogP contribution in [0.2, 0.25) is 0 Å². The summed E-state index contributed by atoms with van der Waals surface area (Å²) in [7, 11) is 0. The van der Waals surface area contributed by atoms with Crippen molar-refractivity contribution in [2.45, 2.75) is 6.92 Å². The van der Waals surface area contributed by atoms with E-state index in [0.717, 1.165) is 0 Å². The summed E-state index contributed by atoms with van der Waals surface area (Å²) in [6.07, 6.45) is 0. The fraction of sp³-hybridized carbons (Fsp3) is 0.222. The summed E-state index contributed by atoms with van der Waals surface area (Å²) in [6, 6.07) is 8.48. The standard InChI is InChI=1S/C6H4.C3H6O2/c1-2-5-4-6(5)3-1;1-2-5-3-4/h1-4H;3H,2H2,1H3. The molecule has 0 bridgehead atoms. The zero-order valence-corrected chi connectivity index (χ0v) is 6.41. The normalized spacial score (nSPS) is 9.18. The Balaban J connectivity index is 0.000000114. The van der Waals surface area contributed by atoms with Gasteiger partial charge in [0.05, 0.1) is 6.61 Å². The topological polar surface area (TPSA) is 26.3 Å². The fourth-order valence-electron chi connectivity index (χ4n) is 0.744. The molecule has 11 heavy (non-hydrogen) atoms. The van der Waals surface area contributed by atoms with Crippen LogP contribution in [0.4, 0.5) is 0 Å². The molecule has 0 fully saturated rings. The lowest BCUT2D eigenvalue weighted by Crippen LogP contribution is -1.80. The van der Waals surface area contributed by atoms with Crippen LogP contribution in [0.15, 0.2) is 24.3 Å². The van der Waals surface area contributed by atoms with Crippen molar-refractivity contribution in [3.8, 4) is 11.1 Å². The molecule has 2 rings (SSSR count). The fourth-order valence-corrected chi connectivity index (χ4v) is 0.744. The van der Waals surface area contributed by atoms with E-state index in [9.17, 15) is 4.79 Å². The Labute approximate surface area is 65.8 Å². The summed E-state index contributed by atoms with van der Waals surface area (Å²) < 4.78 is 4.15. The minimum absolute atomic E-state index is 0.431. The molecule has 0 atom stereocenters. The second kappa shape index (κ2) is 3.76. The highest BCUT2D eigenvalue weighted by Crippen LogP contribution is 2.32. The van der Waals surface area contributed by atoms with Crippen LogP contribution in [0.25, 0.3) is 11.1 Å². The summed E-state index contributed by atoms with van der Waals surface area (Å²) in [4.78, 5) is 9.18. The van der Waals surface area contributed by atoms with Gasteiger partial charge in [-0.1, -0.05) is 18.2 Å². The highest BCUT2D eigenvalue weighted by atomic mass is 16.5. The molecule has 2 nitrogen and oxygen atoms in total. The van der Waals surface area contributed by atoms with Gasteiger partial charge in [-0.2, -0.15) is 0 Å². The molecule has 2 heteroatoms. The SMILES string of the molecule is CCOC=O.c1cc2cc-2c1. The lowest BCUT2D eigenvalue weighted by atomic mass is 10.6. The summed E-state index contributed by atoms with van der Waals surface area (Å²) in [6.45, 7) is 2.66. The molecule has 2 aliphatic rings. The molecule has 0 spiro atoms. The van der Waals surface area contributed by atoms with Gasteiger partial charge >= 0.3 is 0 Å². The van der Waals surface area contributed by atoms with E-state index in [1.54, 1.807) is 6.92 Å². The van der Waals surface area contributed by atoms with E-state index in [0.29, 0.717) is 13.1 Å². The van der Waals surface area contributed by atoms with E-state index in [1.165, 1.54) is 11.1 Å². The van der Waals surface area contributed by atoms with Crippen molar-refractivity contribution in [3.63, 3.8) is 0 Å². The molecule has 0 aliphatic heterocycles. The highest BCUT2D eigenvalue weighted by Gasteiger charge is 2.06. The monoisotopic (exact) mass is 150 g/mol. The molecule has 0 saturated carbocycles. The third-order valence-electron chi connectivity index (χ3n) is 1.35. The van der Waals surface area contributed by atoms with E-state index in [1.807, 2.05) is 0 Å². The smallest absolute Gasteiger partial charge is 0.293 e. The van der Waals surface area contributed by atoms with Crippen molar-refractivity contribution in [2.75, 3.05) is 6.61 Å². The summed E-state index contributed by atoms with van der Waals surface area (Å²) >= 11 is 0. The van der Waals surface area contributed by atoms with Gasteiger partial charge in [0.15, 0.2) is 0 Å². The van der Waals surface area contributed by atoms with Crippen LogP contribution in [0.1, 0.15) is 6.92 Å². The first-order valence-electron chi connectivity index (χ1n) is 3.54. The van der Waals surface area contributed by atoms with Gasteiger partial charge in [0.25, 0.3) is 6.47 Å². The highest BCUT2D eigenvalue weighted by molar-refractivity contribution is 5.80. The Morgan fingerprint density at radius 1 is 1.45 bits per heavy atom. The molecule has 0 aromatic carbocycles. The maximum absolute atomic E-state index is 9.18. The molecule has 0 heterocycles. The van der Waals surface area contributed by atoms with Crippen LogP contribution >= 0.6 is 0 Å². The number of rotatable bonds is 2. The van der Waals surface area contributed by atoms with Crippen molar-refractivity contribution in [2.24, 2.45) is 0 Å². The Morgan fingerprint density at radius 2 is 2.09 bits per heavy atom. The zero-order chi connectivity index (χ0) is 8.10. The van der Waals surface area contributed by atoms with Crippen LogP contribution < -0.4 is 0 Å². The second-order valence-corrected chi connectivity index (χ2v) is 2.13. The van der Waals surface area contributed by atoms with Crippen molar-refractivity contribution < 1.29 is 9.53 Å². The molecule has 0 unspecified atom stereocenters. The third kappa shape index (κ3) is 2.42. The Hall–Kier alpha value is -1.31. The van der Waals surface area contributed by atoms with Crippen LogP contribution in [0, 0.1) is 0 Å². The Morgan fingerprint density at radius 3 is 2.18 bits per heavy atom. The summed E-state index contributed by atoms with van der Waals surface area (Å²) in [5, 5.41) is 0. The Bertz CT molecular complexity index is 226. The van der Waals surface area contributed by atoms with Crippen molar-refractivity contribution >= 4 is 6.47 Å². The van der Waals surface area contributed by atoms with Crippen molar-refractivity contribution in [3.05, 3.63) is 24.3 Å². The largest absolute Gasteiger partial charge is 0.468 e. The van der Waals surface area contributed by atoms with Gasteiger partial charge in [-0.15, -0.1) is 0 Å². The predicted octanol–water partition coefficient (Wildman–Crippen LogP) is 1.85. The average molecular weight is 150 g/mol. The quantitative estimate of drug-likeness (QED) is 0.610. The third-order valence-corrected chi connectivity index (χ3v) is 1.35. The van der Waals surface area contributed by atoms with Gasteiger partial charge in [-0.05, 0) is 24.1 Å². The molecule has 58 valence electrons. The molecule has 0 aromatic rings. The van der Waals surface area contributed by atoms with E-state index in [4.69, 9.17) is 0 Å². The molecule has 0 N–H and O–H groups in total. The zero-order valence-electron chi connectivity index (χ0n) is 6.41. The second-order valence-electron chi connectivity index (χ2n) is 2.13. The first-order chi connectivity index (χ1) is 5.38. The Kier molecular flexibility index (Phi) is 2.66. The number of fused-ring (bicyclic) bond motifs is 1. The van der Waals surface area contributed by atoms with Gasteiger partial charge in [-0.25, -0.2) is 0 Å². The van der Waals surface area contributed by atoms with Gasteiger partial charge < -0.3 is 4.74 Å². The molecule has 0 radical (unpaired) electrons. The van der Waals surface area contributed by atoms with E-state index < -0.39 is 0 Å². The van der Waals surface area contributed by atoms with E-state index in [-0.39, 0.29) is 0 Å². The van der Waals surface area contributed by atoms with E-state index >= 15 is 0 Å². The maximum atomic E-state index is 9.18.